The van der Waals surface area contributed by atoms with E-state index in [4.69, 9.17) is 4.74 Å². The second-order valence-corrected chi connectivity index (χ2v) is 8.03. The molecule has 3 rings (SSSR count). The third-order valence-electron chi connectivity index (χ3n) is 5.76. The largest absolute Gasteiger partial charge is 0.461 e. The van der Waals surface area contributed by atoms with E-state index in [1.165, 1.54) is 6.42 Å². The van der Waals surface area contributed by atoms with Crippen LogP contribution < -0.4 is 0 Å². The van der Waals surface area contributed by atoms with Gasteiger partial charge in [0.2, 0.25) is 5.91 Å². The summed E-state index contributed by atoms with van der Waals surface area (Å²) < 4.78 is 5.92. The second kappa shape index (κ2) is 7.59. The zero-order valence-electron chi connectivity index (χ0n) is 15.5. The van der Waals surface area contributed by atoms with Crippen LogP contribution in [-0.4, -0.2) is 28.9 Å². The lowest BCUT2D eigenvalue weighted by atomic mass is 9.75. The van der Waals surface area contributed by atoms with Crippen LogP contribution in [0.2, 0.25) is 0 Å². The molecule has 1 heterocycles. The van der Waals surface area contributed by atoms with E-state index in [0.717, 1.165) is 18.4 Å². The average Bonchev–Trinajstić information content (AvgIpc) is 2.58. The summed E-state index contributed by atoms with van der Waals surface area (Å²) in [5, 5.41) is 0. The number of carbonyl (C=O) groups is 2. The molecule has 25 heavy (non-hydrogen) atoms. The van der Waals surface area contributed by atoms with Gasteiger partial charge in [0.15, 0.2) is 0 Å². The van der Waals surface area contributed by atoms with Gasteiger partial charge in [0.05, 0.1) is 6.42 Å². The molecule has 0 unspecified atom stereocenters. The molecule has 1 amide bonds. The Hall–Kier alpha value is -1.84. The van der Waals surface area contributed by atoms with Gasteiger partial charge in [0.25, 0.3) is 0 Å². The number of benzene rings is 1. The van der Waals surface area contributed by atoms with E-state index < -0.39 is 6.04 Å². The van der Waals surface area contributed by atoms with Crippen molar-refractivity contribution in [2.45, 2.75) is 65.1 Å². The summed E-state index contributed by atoms with van der Waals surface area (Å²) in [5.41, 5.74) is 1.04. The third kappa shape index (κ3) is 4.05. The Labute approximate surface area is 150 Å². The molecule has 4 atom stereocenters. The van der Waals surface area contributed by atoms with E-state index in [-0.39, 0.29) is 24.4 Å². The highest BCUT2D eigenvalue weighted by Gasteiger charge is 2.44. The number of carbonyl (C=O) groups excluding carboxylic acids is 2. The molecule has 0 N–H and O–H groups in total. The molecule has 1 aliphatic carbocycles. The maximum atomic E-state index is 12.7. The van der Waals surface area contributed by atoms with E-state index in [1.807, 2.05) is 30.3 Å². The van der Waals surface area contributed by atoms with Gasteiger partial charge in [-0.25, -0.2) is 4.79 Å². The van der Waals surface area contributed by atoms with E-state index in [9.17, 15) is 9.59 Å². The fraction of sp³-hybridized carbons (Fsp3) is 0.619. The molecule has 0 radical (unpaired) electrons. The lowest BCUT2D eigenvalue weighted by Crippen LogP contribution is -2.57. The first-order chi connectivity index (χ1) is 12.0. The fourth-order valence-electron chi connectivity index (χ4n) is 4.12. The van der Waals surface area contributed by atoms with Crippen molar-refractivity contribution in [1.82, 2.24) is 4.90 Å². The Balaban J connectivity index is 1.62. The minimum absolute atomic E-state index is 0.00877. The summed E-state index contributed by atoms with van der Waals surface area (Å²) in [7, 11) is 0. The molecule has 1 saturated heterocycles. The molecule has 2 fully saturated rings. The summed E-state index contributed by atoms with van der Waals surface area (Å²) in [6, 6.07) is 9.38. The first kappa shape index (κ1) is 18.0. The highest BCUT2D eigenvalue weighted by Crippen LogP contribution is 2.36. The van der Waals surface area contributed by atoms with Crippen LogP contribution in [-0.2, 0) is 20.9 Å². The number of hydrogen-bond donors (Lipinski definition) is 0. The van der Waals surface area contributed by atoms with Crippen molar-refractivity contribution >= 4 is 11.9 Å². The van der Waals surface area contributed by atoms with Gasteiger partial charge < -0.3 is 9.64 Å². The average molecular weight is 343 g/mol. The molecule has 0 aromatic heterocycles. The van der Waals surface area contributed by atoms with Gasteiger partial charge in [-0.3, -0.25) is 4.79 Å². The highest BCUT2D eigenvalue weighted by atomic mass is 16.5. The van der Waals surface area contributed by atoms with E-state index >= 15 is 0 Å². The number of likely N-dealkylation sites (tertiary alicyclic amines) is 1. The SMILES string of the molecule is CC(C)[C@@H]1CC[C@@H](C)C[C@H]1OC(=O)[C@@H]1CC(=O)N1Cc1ccccc1. The van der Waals surface area contributed by atoms with Crippen LogP contribution in [0.25, 0.3) is 0 Å². The first-order valence-corrected chi connectivity index (χ1v) is 9.49. The van der Waals surface area contributed by atoms with Crippen molar-refractivity contribution in [2.75, 3.05) is 0 Å². The van der Waals surface area contributed by atoms with Crippen molar-refractivity contribution in [2.24, 2.45) is 17.8 Å². The van der Waals surface area contributed by atoms with Gasteiger partial charge in [-0.05, 0) is 36.2 Å². The van der Waals surface area contributed by atoms with Crippen LogP contribution >= 0.6 is 0 Å². The molecule has 0 spiro atoms. The van der Waals surface area contributed by atoms with Gasteiger partial charge in [-0.15, -0.1) is 0 Å². The summed E-state index contributed by atoms with van der Waals surface area (Å²) in [4.78, 5) is 26.3. The van der Waals surface area contributed by atoms with Crippen molar-refractivity contribution in [3.8, 4) is 0 Å². The number of nitrogens with zero attached hydrogens (tertiary/aromatic N) is 1. The maximum Gasteiger partial charge on any atom is 0.329 e. The number of amides is 1. The minimum Gasteiger partial charge on any atom is -0.461 e. The zero-order valence-corrected chi connectivity index (χ0v) is 15.5. The summed E-state index contributed by atoms with van der Waals surface area (Å²) in [6.45, 7) is 7.12. The molecule has 1 aromatic carbocycles. The summed E-state index contributed by atoms with van der Waals surface area (Å²) in [6.07, 6.45) is 3.53. The van der Waals surface area contributed by atoms with Crippen molar-refractivity contribution < 1.29 is 14.3 Å². The van der Waals surface area contributed by atoms with Crippen molar-refractivity contribution in [3.05, 3.63) is 35.9 Å². The maximum absolute atomic E-state index is 12.7. The van der Waals surface area contributed by atoms with Gasteiger partial charge in [0, 0.05) is 6.54 Å². The number of ether oxygens (including phenoxy) is 1. The normalized spacial score (nSPS) is 29.4. The van der Waals surface area contributed by atoms with Gasteiger partial charge >= 0.3 is 5.97 Å². The van der Waals surface area contributed by atoms with Crippen LogP contribution in [0.5, 0.6) is 0 Å². The molecule has 0 bridgehead atoms. The molecular formula is C21H29NO3. The molecule has 1 aromatic rings. The lowest BCUT2D eigenvalue weighted by molar-refractivity contribution is -0.175. The van der Waals surface area contributed by atoms with Gasteiger partial charge in [-0.2, -0.15) is 0 Å². The molecule has 136 valence electrons. The Morgan fingerprint density at radius 1 is 1.24 bits per heavy atom. The Kier molecular flexibility index (Phi) is 5.45. The quantitative estimate of drug-likeness (QED) is 0.603. The molecule has 2 aliphatic rings. The fourth-order valence-corrected chi connectivity index (χ4v) is 4.12. The zero-order chi connectivity index (χ0) is 18.0. The van der Waals surface area contributed by atoms with Gasteiger partial charge in [0.1, 0.15) is 12.1 Å². The Morgan fingerprint density at radius 3 is 2.60 bits per heavy atom. The third-order valence-corrected chi connectivity index (χ3v) is 5.76. The first-order valence-electron chi connectivity index (χ1n) is 9.49. The second-order valence-electron chi connectivity index (χ2n) is 8.03. The van der Waals surface area contributed by atoms with E-state index in [1.54, 1.807) is 4.90 Å². The van der Waals surface area contributed by atoms with Crippen LogP contribution in [0.15, 0.2) is 30.3 Å². The molecule has 1 saturated carbocycles. The Morgan fingerprint density at radius 2 is 1.96 bits per heavy atom. The monoisotopic (exact) mass is 343 g/mol. The number of rotatable bonds is 5. The minimum atomic E-state index is -0.419. The highest BCUT2D eigenvalue weighted by molar-refractivity contribution is 5.95. The predicted octanol–water partition coefficient (Wildman–Crippen LogP) is 3.79. The Bertz CT molecular complexity index is 613. The van der Waals surface area contributed by atoms with Crippen LogP contribution in [0.3, 0.4) is 0 Å². The number of hydrogen-bond acceptors (Lipinski definition) is 3. The predicted molar refractivity (Wildman–Crippen MR) is 96.6 cm³/mol. The van der Waals surface area contributed by atoms with Crippen LogP contribution in [0, 0.1) is 17.8 Å². The summed E-state index contributed by atoms with van der Waals surface area (Å²) in [5.74, 6) is 1.34. The smallest absolute Gasteiger partial charge is 0.329 e. The van der Waals surface area contributed by atoms with Crippen LogP contribution in [0.4, 0.5) is 0 Å². The molecule has 1 aliphatic heterocycles. The standard InChI is InChI=1S/C21H29NO3/c1-14(2)17-10-9-15(3)11-19(17)25-21(24)18-12-20(23)22(18)13-16-7-5-4-6-8-16/h4-8,14-15,17-19H,9-13H2,1-3H3/t15-,17+,18+,19-/m1/s1. The van der Waals surface area contributed by atoms with Crippen molar-refractivity contribution in [3.63, 3.8) is 0 Å². The number of β-lactam (4-membered cyclic amide) rings is 1. The van der Waals surface area contributed by atoms with Crippen molar-refractivity contribution in [1.29, 1.82) is 0 Å². The van der Waals surface area contributed by atoms with Crippen LogP contribution in [0.1, 0.15) is 52.0 Å². The molecular weight excluding hydrogens is 314 g/mol. The molecule has 4 nitrogen and oxygen atoms in total. The number of esters is 1. The van der Waals surface area contributed by atoms with E-state index in [0.29, 0.717) is 24.3 Å². The summed E-state index contributed by atoms with van der Waals surface area (Å²) >= 11 is 0. The van der Waals surface area contributed by atoms with Gasteiger partial charge in [-0.1, -0.05) is 57.5 Å². The van der Waals surface area contributed by atoms with E-state index in [2.05, 4.69) is 20.8 Å². The topological polar surface area (TPSA) is 46.6 Å². The lowest BCUT2D eigenvalue weighted by Gasteiger charge is -2.42. The molecule has 4 heteroatoms.